The number of aromatic nitrogens is 1. The van der Waals surface area contributed by atoms with E-state index in [1.165, 1.54) is 6.07 Å². The van der Waals surface area contributed by atoms with Gasteiger partial charge in [0.1, 0.15) is 6.61 Å². The second-order valence-electron chi connectivity index (χ2n) is 5.60. The molecule has 6 heteroatoms. The standard InChI is InChI=1S/C18H16N2O4/c1-11-12(2)19-16-8-7-13(9-15(11)16)18(21)24-10-14-5-3-4-6-17(14)20(22)23/h3-9,19H,10H2,1-2H3. The average Bonchev–Trinajstić information content (AvgIpc) is 2.87. The Morgan fingerprint density at radius 2 is 1.96 bits per heavy atom. The number of para-hydroxylation sites is 1. The molecule has 0 atom stereocenters. The van der Waals surface area contributed by atoms with Gasteiger partial charge in [0.15, 0.2) is 0 Å². The van der Waals surface area contributed by atoms with Crippen molar-refractivity contribution in [2.45, 2.75) is 20.5 Å². The second kappa shape index (κ2) is 6.16. The summed E-state index contributed by atoms with van der Waals surface area (Å²) in [7, 11) is 0. The first kappa shape index (κ1) is 15.7. The molecule has 0 saturated carbocycles. The summed E-state index contributed by atoms with van der Waals surface area (Å²) in [6, 6.07) is 11.5. The van der Waals surface area contributed by atoms with Crippen molar-refractivity contribution in [3.63, 3.8) is 0 Å². The van der Waals surface area contributed by atoms with E-state index in [9.17, 15) is 14.9 Å². The van der Waals surface area contributed by atoms with Gasteiger partial charge < -0.3 is 9.72 Å². The van der Waals surface area contributed by atoms with Crippen LogP contribution in [0.15, 0.2) is 42.5 Å². The molecule has 0 aliphatic rings. The van der Waals surface area contributed by atoms with Crippen LogP contribution >= 0.6 is 0 Å². The minimum atomic E-state index is -0.506. The number of nitro groups is 1. The van der Waals surface area contributed by atoms with Gasteiger partial charge in [0.25, 0.3) is 5.69 Å². The number of nitro benzene ring substituents is 1. The molecule has 0 saturated heterocycles. The molecule has 0 unspecified atom stereocenters. The van der Waals surface area contributed by atoms with Crippen LogP contribution in [0.25, 0.3) is 10.9 Å². The molecular formula is C18H16N2O4. The number of esters is 1. The Morgan fingerprint density at radius 3 is 2.71 bits per heavy atom. The van der Waals surface area contributed by atoms with E-state index in [2.05, 4.69) is 4.98 Å². The van der Waals surface area contributed by atoms with Gasteiger partial charge in [-0.1, -0.05) is 12.1 Å². The van der Waals surface area contributed by atoms with E-state index >= 15 is 0 Å². The van der Waals surface area contributed by atoms with Crippen LogP contribution in [0.5, 0.6) is 0 Å². The summed E-state index contributed by atoms with van der Waals surface area (Å²) in [5.41, 5.74) is 3.82. The van der Waals surface area contributed by atoms with Crippen LogP contribution in [0.4, 0.5) is 5.69 Å². The number of aryl methyl sites for hydroxylation is 2. The van der Waals surface area contributed by atoms with Crippen LogP contribution in [-0.4, -0.2) is 15.9 Å². The molecule has 2 aromatic carbocycles. The van der Waals surface area contributed by atoms with Crippen LogP contribution in [0.2, 0.25) is 0 Å². The molecule has 0 bridgehead atoms. The first-order chi connectivity index (χ1) is 11.5. The summed E-state index contributed by atoms with van der Waals surface area (Å²) in [4.78, 5) is 26.0. The Hall–Kier alpha value is -3.15. The lowest BCUT2D eigenvalue weighted by Crippen LogP contribution is -2.06. The van der Waals surface area contributed by atoms with Crippen molar-refractivity contribution in [2.24, 2.45) is 0 Å². The predicted molar refractivity (Wildman–Crippen MR) is 90.0 cm³/mol. The smallest absolute Gasteiger partial charge is 0.338 e. The molecule has 6 nitrogen and oxygen atoms in total. The number of benzene rings is 2. The van der Waals surface area contributed by atoms with Gasteiger partial charge in [-0.05, 0) is 43.7 Å². The summed E-state index contributed by atoms with van der Waals surface area (Å²) in [6.45, 7) is 3.82. The maximum Gasteiger partial charge on any atom is 0.338 e. The first-order valence-corrected chi connectivity index (χ1v) is 7.45. The SMILES string of the molecule is Cc1[nH]c2ccc(C(=O)OCc3ccccc3[N+](=O)[O-])cc2c1C. The summed E-state index contributed by atoms with van der Waals surface area (Å²) in [6.07, 6.45) is 0. The third-order valence-corrected chi connectivity index (χ3v) is 4.09. The lowest BCUT2D eigenvalue weighted by molar-refractivity contribution is -0.385. The highest BCUT2D eigenvalue weighted by Crippen LogP contribution is 2.23. The third kappa shape index (κ3) is 2.86. The fraction of sp³-hybridized carbons (Fsp3) is 0.167. The Kier molecular flexibility index (Phi) is 4.04. The van der Waals surface area contributed by atoms with Crippen LogP contribution in [0, 0.1) is 24.0 Å². The molecule has 3 rings (SSSR count). The Labute approximate surface area is 138 Å². The van der Waals surface area contributed by atoms with E-state index in [4.69, 9.17) is 4.74 Å². The summed E-state index contributed by atoms with van der Waals surface area (Å²) >= 11 is 0. The number of H-pyrrole nitrogens is 1. The van der Waals surface area contributed by atoms with Crippen molar-refractivity contribution in [3.8, 4) is 0 Å². The minimum absolute atomic E-state index is 0.0575. The molecular weight excluding hydrogens is 308 g/mol. The molecule has 0 fully saturated rings. The number of carbonyl (C=O) groups excluding carboxylic acids is 1. The Bertz CT molecular complexity index is 943. The molecule has 3 aromatic rings. The zero-order valence-electron chi connectivity index (χ0n) is 13.3. The van der Waals surface area contributed by atoms with Crippen molar-refractivity contribution in [1.29, 1.82) is 0 Å². The van der Waals surface area contributed by atoms with Gasteiger partial charge >= 0.3 is 5.97 Å². The highest BCUT2D eigenvalue weighted by atomic mass is 16.6. The number of rotatable bonds is 4. The zero-order valence-corrected chi connectivity index (χ0v) is 13.3. The second-order valence-corrected chi connectivity index (χ2v) is 5.60. The van der Waals surface area contributed by atoms with E-state index < -0.39 is 10.9 Å². The van der Waals surface area contributed by atoms with E-state index in [0.29, 0.717) is 11.1 Å². The Balaban J connectivity index is 1.81. The number of aromatic amines is 1. The van der Waals surface area contributed by atoms with E-state index in [0.717, 1.165) is 22.2 Å². The van der Waals surface area contributed by atoms with E-state index in [1.807, 2.05) is 19.9 Å². The van der Waals surface area contributed by atoms with Gasteiger partial charge in [-0.25, -0.2) is 4.79 Å². The van der Waals surface area contributed by atoms with Crippen molar-refractivity contribution in [2.75, 3.05) is 0 Å². The topological polar surface area (TPSA) is 85.2 Å². The number of carbonyl (C=O) groups is 1. The molecule has 0 radical (unpaired) electrons. The largest absolute Gasteiger partial charge is 0.457 e. The Morgan fingerprint density at radius 1 is 1.21 bits per heavy atom. The van der Waals surface area contributed by atoms with Crippen LogP contribution in [0.1, 0.15) is 27.2 Å². The molecule has 1 N–H and O–H groups in total. The number of nitrogens with zero attached hydrogens (tertiary/aromatic N) is 1. The van der Waals surface area contributed by atoms with Crippen molar-refractivity contribution in [1.82, 2.24) is 4.98 Å². The molecule has 0 aliphatic carbocycles. The van der Waals surface area contributed by atoms with Crippen LogP contribution < -0.4 is 0 Å². The summed E-state index contributed by atoms with van der Waals surface area (Å²) < 4.78 is 5.25. The summed E-state index contributed by atoms with van der Waals surface area (Å²) in [5.74, 6) is -0.506. The highest BCUT2D eigenvalue weighted by molar-refractivity contribution is 5.96. The van der Waals surface area contributed by atoms with Gasteiger partial charge in [-0.15, -0.1) is 0 Å². The molecule has 0 amide bonds. The number of ether oxygens (including phenoxy) is 1. The number of fused-ring (bicyclic) bond motifs is 1. The molecule has 0 spiro atoms. The fourth-order valence-corrected chi connectivity index (χ4v) is 2.63. The van der Waals surface area contributed by atoms with E-state index in [1.54, 1.807) is 30.3 Å². The average molecular weight is 324 g/mol. The lowest BCUT2D eigenvalue weighted by atomic mass is 10.1. The quantitative estimate of drug-likeness (QED) is 0.446. The molecule has 122 valence electrons. The maximum absolute atomic E-state index is 12.3. The minimum Gasteiger partial charge on any atom is -0.457 e. The lowest BCUT2D eigenvalue weighted by Gasteiger charge is -2.06. The van der Waals surface area contributed by atoms with Crippen molar-refractivity contribution >= 4 is 22.6 Å². The molecule has 0 aliphatic heterocycles. The number of nitrogens with one attached hydrogen (secondary N) is 1. The van der Waals surface area contributed by atoms with Gasteiger partial charge in [0.2, 0.25) is 0 Å². The molecule has 1 heterocycles. The van der Waals surface area contributed by atoms with E-state index in [-0.39, 0.29) is 12.3 Å². The maximum atomic E-state index is 12.3. The highest BCUT2D eigenvalue weighted by Gasteiger charge is 2.16. The van der Waals surface area contributed by atoms with Gasteiger partial charge in [0.05, 0.1) is 16.1 Å². The van der Waals surface area contributed by atoms with Gasteiger partial charge in [-0.2, -0.15) is 0 Å². The monoisotopic (exact) mass is 324 g/mol. The molecule has 1 aromatic heterocycles. The first-order valence-electron chi connectivity index (χ1n) is 7.45. The third-order valence-electron chi connectivity index (χ3n) is 4.09. The van der Waals surface area contributed by atoms with Crippen molar-refractivity contribution in [3.05, 3.63) is 75.0 Å². The summed E-state index contributed by atoms with van der Waals surface area (Å²) in [5, 5.41) is 11.9. The molecule has 24 heavy (non-hydrogen) atoms. The van der Waals surface area contributed by atoms with Gasteiger partial charge in [0, 0.05) is 22.7 Å². The zero-order chi connectivity index (χ0) is 17.3. The van der Waals surface area contributed by atoms with Crippen molar-refractivity contribution < 1.29 is 14.5 Å². The number of hydrogen-bond donors (Lipinski definition) is 1. The van der Waals surface area contributed by atoms with Crippen LogP contribution in [-0.2, 0) is 11.3 Å². The predicted octanol–water partition coefficient (Wildman–Crippen LogP) is 4.05. The van der Waals surface area contributed by atoms with Gasteiger partial charge in [-0.3, -0.25) is 10.1 Å². The normalized spacial score (nSPS) is 10.8. The van der Waals surface area contributed by atoms with Crippen LogP contribution in [0.3, 0.4) is 0 Å². The fourth-order valence-electron chi connectivity index (χ4n) is 2.63. The number of hydrogen-bond acceptors (Lipinski definition) is 4.